The van der Waals surface area contributed by atoms with Crippen molar-refractivity contribution in [3.63, 3.8) is 0 Å². The van der Waals surface area contributed by atoms with Crippen LogP contribution in [0, 0.1) is 0 Å². The van der Waals surface area contributed by atoms with Gasteiger partial charge < -0.3 is 15.0 Å². The molecule has 0 radical (unpaired) electrons. The molecule has 0 fully saturated rings. The number of benzene rings is 2. The van der Waals surface area contributed by atoms with E-state index in [1.807, 2.05) is 19.1 Å². The molecule has 3 rings (SSSR count). The van der Waals surface area contributed by atoms with E-state index in [-0.39, 0.29) is 0 Å². The van der Waals surface area contributed by atoms with Gasteiger partial charge in [0.05, 0.1) is 23.7 Å². The molecule has 104 valence electrons. The normalized spacial score (nSPS) is 13.6. The van der Waals surface area contributed by atoms with Crippen LogP contribution in [-0.4, -0.2) is 19.7 Å². The quantitative estimate of drug-likeness (QED) is 0.900. The summed E-state index contributed by atoms with van der Waals surface area (Å²) in [6.07, 6.45) is 0. The highest BCUT2D eigenvalue weighted by molar-refractivity contribution is 9.10. The van der Waals surface area contributed by atoms with Crippen LogP contribution in [0.1, 0.15) is 6.92 Å². The topological polar surface area (TPSA) is 24.5 Å². The lowest BCUT2D eigenvalue weighted by Crippen LogP contribution is -2.30. The molecule has 2 aromatic rings. The largest absolute Gasteiger partial charge is 0.492 e. The van der Waals surface area contributed by atoms with Crippen molar-refractivity contribution in [3.05, 3.63) is 46.9 Å². The first-order chi connectivity index (χ1) is 9.79. The third-order valence-corrected chi connectivity index (χ3v) is 3.85. The lowest BCUT2D eigenvalue weighted by molar-refractivity contribution is 0.341. The minimum atomic E-state index is 0.677. The van der Waals surface area contributed by atoms with Gasteiger partial charge >= 0.3 is 0 Å². The minimum absolute atomic E-state index is 0.677. The Bertz CT molecular complexity index is 615. The SMILES string of the molecule is CCOc1ccccc1N1CCNc2cc(Br)ccc21. The molecule has 0 saturated carbocycles. The first kappa shape index (κ1) is 13.3. The molecule has 1 aliphatic heterocycles. The fraction of sp³-hybridized carbons (Fsp3) is 0.250. The molecule has 1 aliphatic rings. The highest BCUT2D eigenvalue weighted by Crippen LogP contribution is 2.40. The van der Waals surface area contributed by atoms with Crippen LogP contribution in [0.5, 0.6) is 5.75 Å². The number of fused-ring (bicyclic) bond motifs is 1. The first-order valence-electron chi connectivity index (χ1n) is 6.82. The number of halogens is 1. The van der Waals surface area contributed by atoms with Crippen LogP contribution in [0.2, 0.25) is 0 Å². The zero-order valence-electron chi connectivity index (χ0n) is 11.4. The van der Waals surface area contributed by atoms with E-state index in [0.29, 0.717) is 6.61 Å². The molecule has 3 nitrogen and oxygen atoms in total. The van der Waals surface area contributed by atoms with E-state index < -0.39 is 0 Å². The Kier molecular flexibility index (Phi) is 3.83. The van der Waals surface area contributed by atoms with E-state index in [0.717, 1.165) is 34.7 Å². The molecule has 0 unspecified atom stereocenters. The van der Waals surface area contributed by atoms with Gasteiger partial charge in [0, 0.05) is 17.6 Å². The molecule has 0 aromatic heterocycles. The van der Waals surface area contributed by atoms with Crippen molar-refractivity contribution in [1.82, 2.24) is 0 Å². The fourth-order valence-corrected chi connectivity index (χ4v) is 2.88. The van der Waals surface area contributed by atoms with Gasteiger partial charge in [0.2, 0.25) is 0 Å². The van der Waals surface area contributed by atoms with E-state index in [9.17, 15) is 0 Å². The Labute approximate surface area is 127 Å². The van der Waals surface area contributed by atoms with Crippen molar-refractivity contribution in [2.75, 3.05) is 29.9 Å². The summed E-state index contributed by atoms with van der Waals surface area (Å²) in [7, 11) is 0. The number of nitrogens with zero attached hydrogens (tertiary/aromatic N) is 1. The molecule has 0 saturated heterocycles. The summed E-state index contributed by atoms with van der Waals surface area (Å²) in [6.45, 7) is 4.54. The summed E-state index contributed by atoms with van der Waals surface area (Å²) in [5, 5.41) is 3.44. The molecule has 0 amide bonds. The van der Waals surface area contributed by atoms with Gasteiger partial charge in [0.1, 0.15) is 5.75 Å². The lowest BCUT2D eigenvalue weighted by atomic mass is 10.1. The number of hydrogen-bond acceptors (Lipinski definition) is 3. The van der Waals surface area contributed by atoms with Crippen LogP contribution in [0.3, 0.4) is 0 Å². The summed E-state index contributed by atoms with van der Waals surface area (Å²) in [6, 6.07) is 14.5. The van der Waals surface area contributed by atoms with E-state index in [1.54, 1.807) is 0 Å². The standard InChI is InChI=1S/C16H17BrN2O/c1-2-20-16-6-4-3-5-15(16)19-10-9-18-13-11-12(17)7-8-14(13)19/h3-8,11,18H,2,9-10H2,1H3. The third-order valence-electron chi connectivity index (χ3n) is 3.36. The molecule has 20 heavy (non-hydrogen) atoms. The second-order valence-corrected chi connectivity index (χ2v) is 5.56. The van der Waals surface area contributed by atoms with Gasteiger partial charge in [-0.05, 0) is 37.3 Å². The van der Waals surface area contributed by atoms with E-state index in [1.165, 1.54) is 5.69 Å². The Balaban J connectivity index is 2.04. The predicted molar refractivity (Wildman–Crippen MR) is 87.2 cm³/mol. The monoisotopic (exact) mass is 332 g/mol. The molecule has 1 heterocycles. The van der Waals surface area contributed by atoms with Gasteiger partial charge in [0.15, 0.2) is 0 Å². The summed E-state index contributed by atoms with van der Waals surface area (Å²) >= 11 is 3.52. The van der Waals surface area contributed by atoms with Gasteiger partial charge in [-0.2, -0.15) is 0 Å². The van der Waals surface area contributed by atoms with Crippen LogP contribution in [0.4, 0.5) is 17.1 Å². The van der Waals surface area contributed by atoms with Gasteiger partial charge in [0.25, 0.3) is 0 Å². The average molecular weight is 333 g/mol. The minimum Gasteiger partial charge on any atom is -0.492 e. The third kappa shape index (κ3) is 2.48. The summed E-state index contributed by atoms with van der Waals surface area (Å²) < 4.78 is 6.84. The summed E-state index contributed by atoms with van der Waals surface area (Å²) in [4.78, 5) is 2.31. The first-order valence-corrected chi connectivity index (χ1v) is 7.61. The highest BCUT2D eigenvalue weighted by atomic mass is 79.9. The lowest BCUT2D eigenvalue weighted by Gasteiger charge is -2.33. The van der Waals surface area contributed by atoms with Gasteiger partial charge in [-0.1, -0.05) is 28.1 Å². The van der Waals surface area contributed by atoms with E-state index in [4.69, 9.17) is 4.74 Å². The van der Waals surface area contributed by atoms with Crippen LogP contribution < -0.4 is 15.0 Å². The second kappa shape index (κ2) is 5.75. The molecule has 0 spiro atoms. The van der Waals surface area contributed by atoms with Crippen molar-refractivity contribution in [3.8, 4) is 5.75 Å². The molecule has 2 aromatic carbocycles. The van der Waals surface area contributed by atoms with Crippen LogP contribution >= 0.6 is 15.9 Å². The zero-order chi connectivity index (χ0) is 13.9. The molecule has 0 aliphatic carbocycles. The smallest absolute Gasteiger partial charge is 0.142 e. The maximum Gasteiger partial charge on any atom is 0.142 e. The molecule has 1 N–H and O–H groups in total. The van der Waals surface area contributed by atoms with Gasteiger partial charge in [-0.3, -0.25) is 0 Å². The second-order valence-electron chi connectivity index (χ2n) is 4.64. The number of para-hydroxylation sites is 2. The average Bonchev–Trinajstić information content (AvgIpc) is 2.47. The Morgan fingerprint density at radius 2 is 2.05 bits per heavy atom. The van der Waals surface area contributed by atoms with Crippen molar-refractivity contribution in [2.24, 2.45) is 0 Å². The molecular formula is C16H17BrN2O. The maximum atomic E-state index is 5.76. The van der Waals surface area contributed by atoms with Gasteiger partial charge in [-0.15, -0.1) is 0 Å². The number of anilines is 3. The van der Waals surface area contributed by atoms with Gasteiger partial charge in [-0.25, -0.2) is 0 Å². The van der Waals surface area contributed by atoms with Crippen molar-refractivity contribution >= 4 is 33.0 Å². The van der Waals surface area contributed by atoms with Crippen molar-refractivity contribution in [1.29, 1.82) is 0 Å². The fourth-order valence-electron chi connectivity index (χ4n) is 2.52. The Morgan fingerprint density at radius 1 is 1.20 bits per heavy atom. The highest BCUT2D eigenvalue weighted by Gasteiger charge is 2.20. The van der Waals surface area contributed by atoms with E-state index in [2.05, 4.69) is 56.5 Å². The summed E-state index contributed by atoms with van der Waals surface area (Å²) in [5.41, 5.74) is 3.46. The number of ether oxygens (including phenoxy) is 1. The Hall–Kier alpha value is -1.68. The zero-order valence-corrected chi connectivity index (χ0v) is 13.0. The van der Waals surface area contributed by atoms with E-state index >= 15 is 0 Å². The van der Waals surface area contributed by atoms with Crippen molar-refractivity contribution in [2.45, 2.75) is 6.92 Å². The number of nitrogens with one attached hydrogen (secondary N) is 1. The predicted octanol–water partition coefficient (Wildman–Crippen LogP) is 4.41. The number of rotatable bonds is 3. The Morgan fingerprint density at radius 3 is 2.90 bits per heavy atom. The maximum absolute atomic E-state index is 5.76. The molecule has 4 heteroatoms. The summed E-state index contributed by atoms with van der Waals surface area (Å²) in [5.74, 6) is 0.936. The van der Waals surface area contributed by atoms with Crippen LogP contribution in [0.15, 0.2) is 46.9 Å². The number of hydrogen-bond donors (Lipinski definition) is 1. The molecular weight excluding hydrogens is 316 g/mol. The molecule has 0 bridgehead atoms. The van der Waals surface area contributed by atoms with Crippen molar-refractivity contribution < 1.29 is 4.74 Å². The molecule has 0 atom stereocenters. The van der Waals surface area contributed by atoms with Crippen LogP contribution in [-0.2, 0) is 0 Å². The van der Waals surface area contributed by atoms with Crippen LogP contribution in [0.25, 0.3) is 0 Å².